The molecule has 0 aliphatic rings. The fourth-order valence-corrected chi connectivity index (χ4v) is 1.44. The van der Waals surface area contributed by atoms with Crippen molar-refractivity contribution in [2.75, 3.05) is 26.3 Å². The van der Waals surface area contributed by atoms with Gasteiger partial charge in [-0.2, -0.15) is 13.2 Å². The van der Waals surface area contributed by atoms with Gasteiger partial charge in [0, 0.05) is 19.2 Å². The van der Waals surface area contributed by atoms with Crippen LogP contribution in [0.4, 0.5) is 13.2 Å². The molecule has 0 rings (SSSR count). The highest BCUT2D eigenvalue weighted by molar-refractivity contribution is 5.69. The lowest BCUT2D eigenvalue weighted by molar-refractivity contribution is -0.174. The minimum absolute atomic E-state index is 0.0218. The van der Waals surface area contributed by atoms with E-state index < -0.39 is 18.8 Å². The molecule has 1 unspecified atom stereocenters. The lowest BCUT2D eigenvalue weighted by Gasteiger charge is -2.26. The normalized spacial score (nSPS) is 13.9. The zero-order valence-electron chi connectivity index (χ0n) is 10.7. The van der Waals surface area contributed by atoms with Gasteiger partial charge in [-0.05, 0) is 19.8 Å². The third-order valence-electron chi connectivity index (χ3n) is 2.55. The molecule has 0 spiro atoms. The van der Waals surface area contributed by atoms with E-state index in [0.29, 0.717) is 13.0 Å². The topological polar surface area (TPSA) is 49.8 Å². The van der Waals surface area contributed by atoms with Crippen LogP contribution in [0.3, 0.4) is 0 Å². The summed E-state index contributed by atoms with van der Waals surface area (Å²) in [7, 11) is 0. The van der Waals surface area contributed by atoms with Crippen LogP contribution in [0.1, 0.15) is 26.7 Å². The Morgan fingerprint density at radius 1 is 1.44 bits per heavy atom. The Hall–Kier alpha value is -0.820. The van der Waals surface area contributed by atoms with E-state index in [2.05, 4.69) is 4.74 Å². The SMILES string of the molecule is CCC(C)N(CCCOCC(F)(F)F)CC(=O)O. The molecule has 0 saturated carbocycles. The molecule has 1 N–H and O–H groups in total. The Balaban J connectivity index is 3.86. The molecule has 1 atom stereocenters. The number of hydrogen-bond donors (Lipinski definition) is 1. The van der Waals surface area contributed by atoms with Crippen molar-refractivity contribution in [3.8, 4) is 0 Å². The molecular weight excluding hydrogens is 251 g/mol. The Kier molecular flexibility index (Phi) is 7.93. The first kappa shape index (κ1) is 17.2. The van der Waals surface area contributed by atoms with E-state index in [-0.39, 0.29) is 19.2 Å². The number of aliphatic carboxylic acids is 1. The molecule has 4 nitrogen and oxygen atoms in total. The van der Waals surface area contributed by atoms with Crippen molar-refractivity contribution in [3.05, 3.63) is 0 Å². The lowest BCUT2D eigenvalue weighted by atomic mass is 10.2. The monoisotopic (exact) mass is 271 g/mol. The number of alkyl halides is 3. The summed E-state index contributed by atoms with van der Waals surface area (Å²) in [4.78, 5) is 12.4. The van der Waals surface area contributed by atoms with Crippen LogP contribution in [0.25, 0.3) is 0 Å². The number of ether oxygens (including phenoxy) is 1. The smallest absolute Gasteiger partial charge is 0.411 e. The molecule has 0 aliphatic carbocycles. The van der Waals surface area contributed by atoms with E-state index in [9.17, 15) is 18.0 Å². The van der Waals surface area contributed by atoms with Crippen molar-refractivity contribution in [2.45, 2.75) is 38.9 Å². The summed E-state index contributed by atoms with van der Waals surface area (Å²) in [6.07, 6.45) is -3.14. The minimum atomic E-state index is -4.31. The first-order chi connectivity index (χ1) is 8.26. The van der Waals surface area contributed by atoms with Gasteiger partial charge < -0.3 is 9.84 Å². The number of hydrogen-bond acceptors (Lipinski definition) is 3. The number of rotatable bonds is 9. The van der Waals surface area contributed by atoms with Crippen molar-refractivity contribution in [1.82, 2.24) is 4.90 Å². The Labute approximate surface area is 105 Å². The van der Waals surface area contributed by atoms with Gasteiger partial charge >= 0.3 is 12.1 Å². The third-order valence-corrected chi connectivity index (χ3v) is 2.55. The third kappa shape index (κ3) is 9.23. The lowest BCUT2D eigenvalue weighted by Crippen LogP contribution is -2.38. The predicted molar refractivity (Wildman–Crippen MR) is 60.5 cm³/mol. The summed E-state index contributed by atoms with van der Waals surface area (Å²) in [5.74, 6) is -0.938. The van der Waals surface area contributed by atoms with Crippen LogP contribution >= 0.6 is 0 Å². The maximum atomic E-state index is 11.8. The minimum Gasteiger partial charge on any atom is -0.480 e. The second kappa shape index (κ2) is 8.31. The molecule has 0 aromatic heterocycles. The second-order valence-corrected chi connectivity index (χ2v) is 4.14. The van der Waals surface area contributed by atoms with Crippen molar-refractivity contribution >= 4 is 5.97 Å². The highest BCUT2D eigenvalue weighted by atomic mass is 19.4. The van der Waals surface area contributed by atoms with Crippen molar-refractivity contribution < 1.29 is 27.8 Å². The summed E-state index contributed by atoms with van der Waals surface area (Å²) in [6, 6.07) is 0.0868. The summed E-state index contributed by atoms with van der Waals surface area (Å²) < 4.78 is 39.8. The standard InChI is InChI=1S/C11H20F3NO3/c1-3-9(2)15(7-10(16)17)5-4-6-18-8-11(12,13)14/h9H,3-8H2,1-2H3,(H,16,17). The summed E-state index contributed by atoms with van der Waals surface area (Å²) in [5, 5.41) is 8.72. The number of carboxylic acid groups (broad SMARTS) is 1. The van der Waals surface area contributed by atoms with Gasteiger partial charge in [-0.15, -0.1) is 0 Å². The summed E-state index contributed by atoms with van der Waals surface area (Å²) >= 11 is 0. The summed E-state index contributed by atoms with van der Waals surface area (Å²) in [6.45, 7) is 2.86. The molecule has 7 heteroatoms. The molecule has 0 saturated heterocycles. The van der Waals surface area contributed by atoms with E-state index in [1.807, 2.05) is 13.8 Å². The highest BCUT2D eigenvalue weighted by Gasteiger charge is 2.27. The quantitative estimate of drug-likeness (QED) is 0.653. The second-order valence-electron chi connectivity index (χ2n) is 4.14. The zero-order chi connectivity index (χ0) is 14.2. The van der Waals surface area contributed by atoms with Crippen LogP contribution in [0, 0.1) is 0 Å². The van der Waals surface area contributed by atoms with E-state index in [1.165, 1.54) is 0 Å². The molecule has 0 radical (unpaired) electrons. The largest absolute Gasteiger partial charge is 0.480 e. The Morgan fingerprint density at radius 3 is 2.50 bits per heavy atom. The first-order valence-electron chi connectivity index (χ1n) is 5.86. The van der Waals surface area contributed by atoms with Crippen LogP contribution in [0.2, 0.25) is 0 Å². The molecule has 108 valence electrons. The van der Waals surface area contributed by atoms with Crippen LogP contribution in [0.15, 0.2) is 0 Å². The zero-order valence-corrected chi connectivity index (χ0v) is 10.7. The molecule has 0 aromatic carbocycles. The van der Waals surface area contributed by atoms with Gasteiger partial charge in [0.2, 0.25) is 0 Å². The van der Waals surface area contributed by atoms with Gasteiger partial charge in [-0.25, -0.2) is 0 Å². The molecule has 0 fully saturated rings. The van der Waals surface area contributed by atoms with Crippen molar-refractivity contribution in [1.29, 1.82) is 0 Å². The van der Waals surface area contributed by atoms with Gasteiger partial charge in [0.05, 0.1) is 6.54 Å². The van der Waals surface area contributed by atoms with Crippen LogP contribution in [-0.2, 0) is 9.53 Å². The average Bonchev–Trinajstić information content (AvgIpc) is 2.24. The maximum Gasteiger partial charge on any atom is 0.411 e. The number of halogens is 3. The van der Waals surface area contributed by atoms with Crippen molar-refractivity contribution in [2.24, 2.45) is 0 Å². The van der Waals surface area contributed by atoms with Crippen LogP contribution in [0.5, 0.6) is 0 Å². The van der Waals surface area contributed by atoms with Crippen LogP contribution < -0.4 is 0 Å². The van der Waals surface area contributed by atoms with Gasteiger partial charge in [-0.1, -0.05) is 6.92 Å². The van der Waals surface area contributed by atoms with Crippen molar-refractivity contribution in [3.63, 3.8) is 0 Å². The Bertz CT molecular complexity index is 246. The van der Waals surface area contributed by atoms with E-state index in [1.54, 1.807) is 4.90 Å². The van der Waals surface area contributed by atoms with Gasteiger partial charge in [-0.3, -0.25) is 9.69 Å². The molecule has 0 aromatic rings. The van der Waals surface area contributed by atoms with Gasteiger partial charge in [0.1, 0.15) is 6.61 Å². The predicted octanol–water partition coefficient (Wildman–Crippen LogP) is 2.14. The van der Waals surface area contributed by atoms with Gasteiger partial charge in [0.15, 0.2) is 0 Å². The fraction of sp³-hybridized carbons (Fsp3) is 0.909. The first-order valence-corrected chi connectivity index (χ1v) is 5.86. The maximum absolute atomic E-state index is 11.8. The van der Waals surface area contributed by atoms with E-state index in [4.69, 9.17) is 5.11 Å². The number of nitrogens with zero attached hydrogens (tertiary/aromatic N) is 1. The molecular formula is C11H20F3NO3. The van der Waals surface area contributed by atoms with Gasteiger partial charge in [0.25, 0.3) is 0 Å². The fourth-order valence-electron chi connectivity index (χ4n) is 1.44. The number of carboxylic acids is 1. The number of carbonyl (C=O) groups is 1. The Morgan fingerprint density at radius 2 is 2.06 bits per heavy atom. The summed E-state index contributed by atoms with van der Waals surface area (Å²) in [5.41, 5.74) is 0. The van der Waals surface area contributed by atoms with Crippen LogP contribution in [-0.4, -0.2) is 54.5 Å². The molecule has 18 heavy (non-hydrogen) atoms. The average molecular weight is 271 g/mol. The molecule has 0 aliphatic heterocycles. The molecule has 0 heterocycles. The highest BCUT2D eigenvalue weighted by Crippen LogP contribution is 2.14. The molecule has 0 bridgehead atoms. The van der Waals surface area contributed by atoms with E-state index in [0.717, 1.165) is 6.42 Å². The van der Waals surface area contributed by atoms with E-state index >= 15 is 0 Å². The molecule has 0 amide bonds.